The molecule has 0 N–H and O–H groups in total. The Morgan fingerprint density at radius 2 is 0.867 bits per heavy atom. The van der Waals surface area contributed by atoms with Crippen LogP contribution in [0.2, 0.25) is 0 Å². The van der Waals surface area contributed by atoms with Crippen molar-refractivity contribution in [3.63, 3.8) is 0 Å². The fourth-order valence-corrected chi connectivity index (χ4v) is 8.56. The zero-order chi connectivity index (χ0) is 44.4. The molecule has 0 bridgehead atoms. The van der Waals surface area contributed by atoms with Gasteiger partial charge in [-0.2, -0.15) is 26.3 Å². The molecule has 1 atom stereocenters. The van der Waals surface area contributed by atoms with Crippen LogP contribution >= 0.6 is 0 Å². The highest BCUT2D eigenvalue weighted by atomic mass is 19.4. The van der Waals surface area contributed by atoms with Crippen LogP contribution in [-0.4, -0.2) is 24.3 Å². The van der Waals surface area contributed by atoms with Gasteiger partial charge in [0.15, 0.2) is 10.8 Å². The molecule has 0 aromatic heterocycles. The number of unbranched alkanes of at least 4 members (excludes halogenated alkanes) is 8. The number of carbonyl (C=O) groups is 2. The van der Waals surface area contributed by atoms with Crippen LogP contribution < -0.4 is 9.47 Å². The van der Waals surface area contributed by atoms with E-state index in [0.717, 1.165) is 77.6 Å². The van der Waals surface area contributed by atoms with Crippen LogP contribution in [0, 0.1) is 22.7 Å². The van der Waals surface area contributed by atoms with Gasteiger partial charge in [0.05, 0.1) is 0 Å². The molecule has 2 saturated carbocycles. The first-order valence-corrected chi connectivity index (χ1v) is 23.1. The van der Waals surface area contributed by atoms with Crippen molar-refractivity contribution in [3.05, 3.63) is 59.7 Å². The van der Waals surface area contributed by atoms with Crippen LogP contribution in [0.15, 0.2) is 48.5 Å². The smallest absolute Gasteiger partial charge is 0.404 e. The molecule has 0 aliphatic heterocycles. The maximum Gasteiger partial charge on any atom is 0.404 e. The van der Waals surface area contributed by atoms with Crippen LogP contribution in [0.25, 0.3) is 0 Å². The van der Waals surface area contributed by atoms with E-state index in [1.165, 1.54) is 88.2 Å². The number of alkyl halides is 6. The highest BCUT2D eigenvalue weighted by molar-refractivity contribution is 5.80. The minimum absolute atomic E-state index is 0.161. The van der Waals surface area contributed by atoms with Gasteiger partial charge in [-0.15, -0.1) is 0 Å². The summed E-state index contributed by atoms with van der Waals surface area (Å²) in [5, 5.41) is 0. The quantitative estimate of drug-likeness (QED) is 0.0576. The molecule has 0 radical (unpaired) electrons. The van der Waals surface area contributed by atoms with Crippen LogP contribution in [0.5, 0.6) is 11.5 Å². The minimum atomic E-state index is -4.64. The average molecular weight is 853 g/mol. The molecule has 2 aliphatic carbocycles. The van der Waals surface area contributed by atoms with Gasteiger partial charge in [-0.3, -0.25) is 9.59 Å². The number of benzene rings is 2. The summed E-state index contributed by atoms with van der Waals surface area (Å²) in [5.74, 6) is 0.506. The third kappa shape index (κ3) is 15.7. The summed E-state index contributed by atoms with van der Waals surface area (Å²) in [4.78, 5) is 24.5. The monoisotopic (exact) mass is 853 g/mol. The molecule has 10 heteroatoms. The highest BCUT2D eigenvalue weighted by Gasteiger charge is 2.57. The lowest BCUT2D eigenvalue weighted by Crippen LogP contribution is -2.45. The van der Waals surface area contributed by atoms with E-state index >= 15 is 0 Å². The summed E-state index contributed by atoms with van der Waals surface area (Å²) >= 11 is 0. The molecule has 0 saturated heterocycles. The summed E-state index contributed by atoms with van der Waals surface area (Å²) in [6.07, 6.45) is 14.5. The Labute approximate surface area is 357 Å². The van der Waals surface area contributed by atoms with E-state index in [1.807, 2.05) is 24.3 Å². The van der Waals surface area contributed by atoms with Crippen LogP contribution in [0.3, 0.4) is 0 Å². The topological polar surface area (TPSA) is 52.6 Å². The molecule has 60 heavy (non-hydrogen) atoms. The van der Waals surface area contributed by atoms with Crippen molar-refractivity contribution < 1.29 is 45.4 Å². The Morgan fingerprint density at radius 3 is 1.23 bits per heavy atom. The first-order valence-electron chi connectivity index (χ1n) is 23.1. The molecule has 4 nitrogen and oxygen atoms in total. The van der Waals surface area contributed by atoms with Crippen LogP contribution in [0.4, 0.5) is 26.3 Å². The fourth-order valence-electron chi connectivity index (χ4n) is 8.56. The van der Waals surface area contributed by atoms with Gasteiger partial charge >= 0.3 is 24.3 Å². The normalized spacial score (nSPS) is 21.0. The Bertz CT molecular complexity index is 1520. The summed E-state index contributed by atoms with van der Waals surface area (Å²) in [5.41, 5.74) is -2.64. The zero-order valence-electron chi connectivity index (χ0n) is 37.4. The molecule has 4 rings (SSSR count). The lowest BCUT2D eigenvalue weighted by Gasteiger charge is -2.30. The van der Waals surface area contributed by atoms with Gasteiger partial charge in [-0.1, -0.05) is 129 Å². The molecule has 0 amide bonds. The van der Waals surface area contributed by atoms with E-state index in [-0.39, 0.29) is 17.9 Å². The maximum atomic E-state index is 13.8. The molecular formula is C50H74F6O4. The second-order valence-electron chi connectivity index (χ2n) is 18.5. The number of rotatable bonds is 20. The summed E-state index contributed by atoms with van der Waals surface area (Å²) in [7, 11) is 0. The van der Waals surface area contributed by atoms with Crippen molar-refractivity contribution in [1.82, 2.24) is 0 Å². The van der Waals surface area contributed by atoms with Crippen molar-refractivity contribution in [1.29, 1.82) is 0 Å². The molecule has 340 valence electrons. The average Bonchev–Trinajstić information content (AvgIpc) is 3.21. The van der Waals surface area contributed by atoms with E-state index in [4.69, 9.17) is 9.47 Å². The van der Waals surface area contributed by atoms with E-state index < -0.39 is 35.1 Å². The SMILES string of the molecule is CCCCCCCC(C)(C(=O)Oc1ccc([C@H]2CC[C@H](CCCCC)CC2)cc1)C(F)(F)F.CCCCC[C@H]1CC[C@H](c2ccc(OC(=O)C(C)(C)C(F)(F)F)cc2)CC1. The van der Waals surface area contributed by atoms with Crippen molar-refractivity contribution >= 4 is 11.9 Å². The van der Waals surface area contributed by atoms with Gasteiger partial charge in [-0.05, 0) is 138 Å². The molecular weight excluding hydrogens is 779 g/mol. The predicted molar refractivity (Wildman–Crippen MR) is 229 cm³/mol. The molecule has 0 spiro atoms. The molecule has 0 heterocycles. The van der Waals surface area contributed by atoms with E-state index in [0.29, 0.717) is 24.7 Å². The molecule has 2 fully saturated rings. The summed E-state index contributed by atoms with van der Waals surface area (Å²) in [6, 6.07) is 14.1. The van der Waals surface area contributed by atoms with Crippen molar-refractivity contribution in [2.45, 2.75) is 207 Å². The Balaban J connectivity index is 0.000000327. The number of halogens is 6. The van der Waals surface area contributed by atoms with Crippen LogP contribution in [-0.2, 0) is 9.59 Å². The minimum Gasteiger partial charge on any atom is -0.426 e. The Kier molecular flexibility index (Phi) is 21.0. The van der Waals surface area contributed by atoms with Crippen molar-refractivity contribution in [3.8, 4) is 11.5 Å². The predicted octanol–water partition coefficient (Wildman–Crippen LogP) is 16.4. The van der Waals surface area contributed by atoms with Gasteiger partial charge in [0, 0.05) is 0 Å². The molecule has 2 aromatic carbocycles. The second-order valence-corrected chi connectivity index (χ2v) is 18.5. The standard InChI is InChI=1S/C28H43F3O2.C22H31F3O2/c1-4-6-8-9-11-21-27(3,28(29,30)31)26(32)33-25-19-17-24(18-20-25)23-15-13-22(14-16-23)12-10-7-5-2;1-4-5-6-7-16-8-10-17(11-9-16)18-12-14-19(15-13-18)27-20(26)21(2,3)22(23,24)25/h17-20,22-23H,4-16,21H2,1-3H3;12-17H,4-11H2,1-3H3/t22-,23-,27?;16-,17-. The number of esters is 2. The molecule has 1 unspecified atom stereocenters. The van der Waals surface area contributed by atoms with Crippen molar-refractivity contribution in [2.24, 2.45) is 22.7 Å². The van der Waals surface area contributed by atoms with Gasteiger partial charge in [0.1, 0.15) is 11.5 Å². The number of hydrogen-bond acceptors (Lipinski definition) is 4. The zero-order valence-corrected chi connectivity index (χ0v) is 37.4. The third-order valence-electron chi connectivity index (χ3n) is 13.3. The second kappa shape index (κ2) is 24.6. The van der Waals surface area contributed by atoms with Crippen LogP contribution in [0.1, 0.15) is 206 Å². The van der Waals surface area contributed by atoms with Gasteiger partial charge < -0.3 is 9.47 Å². The van der Waals surface area contributed by atoms with E-state index in [1.54, 1.807) is 24.3 Å². The maximum absolute atomic E-state index is 13.8. The fraction of sp³-hybridized carbons (Fsp3) is 0.720. The van der Waals surface area contributed by atoms with E-state index in [2.05, 4.69) is 20.8 Å². The third-order valence-corrected chi connectivity index (χ3v) is 13.3. The first kappa shape index (κ1) is 51.3. The lowest BCUT2D eigenvalue weighted by molar-refractivity contribution is -0.227. The van der Waals surface area contributed by atoms with Gasteiger partial charge in [0.2, 0.25) is 0 Å². The first-order chi connectivity index (χ1) is 28.4. The number of hydrogen-bond donors (Lipinski definition) is 0. The lowest BCUT2D eigenvalue weighted by atomic mass is 9.77. The highest BCUT2D eigenvalue weighted by Crippen LogP contribution is 2.45. The molecule has 2 aromatic rings. The van der Waals surface area contributed by atoms with Crippen molar-refractivity contribution in [2.75, 3.05) is 0 Å². The summed E-state index contributed by atoms with van der Waals surface area (Å²) < 4.78 is 90.3. The summed E-state index contributed by atoms with van der Waals surface area (Å²) in [6.45, 7) is 9.16. The number of ether oxygens (including phenoxy) is 2. The van der Waals surface area contributed by atoms with Gasteiger partial charge in [-0.25, -0.2) is 0 Å². The Hall–Kier alpha value is -3.04. The molecule has 2 aliphatic rings. The largest absolute Gasteiger partial charge is 0.426 e. The van der Waals surface area contributed by atoms with Gasteiger partial charge in [0.25, 0.3) is 0 Å². The van der Waals surface area contributed by atoms with E-state index in [9.17, 15) is 35.9 Å². The number of carbonyl (C=O) groups excluding carboxylic acids is 2. The Morgan fingerprint density at radius 1 is 0.500 bits per heavy atom.